The molecule has 1 spiro atoms. The van der Waals surface area contributed by atoms with Gasteiger partial charge in [0.15, 0.2) is 0 Å². The van der Waals surface area contributed by atoms with Crippen LogP contribution in [-0.2, 0) is 4.74 Å². The molecule has 3 saturated heterocycles. The Balaban J connectivity index is 2.03. The molecule has 3 heteroatoms. The molecule has 0 aromatic heterocycles. The number of aliphatic hydroxyl groups is 1. The van der Waals surface area contributed by atoms with Crippen molar-refractivity contribution in [3.8, 4) is 0 Å². The van der Waals surface area contributed by atoms with Crippen LogP contribution in [0.5, 0.6) is 0 Å². The van der Waals surface area contributed by atoms with Gasteiger partial charge >= 0.3 is 79.3 Å². The zero-order valence-corrected chi connectivity index (χ0v) is 9.63. The molecule has 0 aromatic rings. The summed E-state index contributed by atoms with van der Waals surface area (Å²) >= 11 is 0. The number of epoxide rings is 1. The summed E-state index contributed by atoms with van der Waals surface area (Å²) in [6.45, 7) is 6.77. The number of hydrogen-bond acceptors (Lipinski definition) is 2. The van der Waals surface area contributed by atoms with E-state index in [-0.39, 0.29) is 17.0 Å². The molecule has 0 aromatic carbocycles. The van der Waals surface area contributed by atoms with Crippen LogP contribution in [0.25, 0.3) is 0 Å². The summed E-state index contributed by atoms with van der Waals surface area (Å²) in [5.41, 5.74) is 0.655. The Morgan fingerprint density at radius 3 is 2.46 bits per heavy atom. The summed E-state index contributed by atoms with van der Waals surface area (Å²) in [6.07, 6.45) is 3.55. The molecule has 3 heterocycles. The molecule has 3 aliphatic heterocycles. The van der Waals surface area contributed by atoms with Crippen LogP contribution < -0.4 is 0 Å². The standard InChI is InChI=1S/C10H19O2P/c1-7(2)13-5-4-10(13)9(3,12-10)8(11)6-13/h7-8,11,13H,4-6H2,1-3H3. The van der Waals surface area contributed by atoms with Crippen molar-refractivity contribution in [1.82, 2.24) is 0 Å². The fourth-order valence-electron chi connectivity index (χ4n) is 4.04. The molecule has 3 atom stereocenters. The summed E-state index contributed by atoms with van der Waals surface area (Å²) in [6, 6.07) is 0. The number of ether oxygens (including phenoxy) is 1. The molecule has 0 radical (unpaired) electrons. The third kappa shape index (κ3) is 0.616. The van der Waals surface area contributed by atoms with Crippen molar-refractivity contribution in [1.29, 1.82) is 0 Å². The second-order valence-corrected chi connectivity index (χ2v) is 10.7. The van der Waals surface area contributed by atoms with E-state index in [1.54, 1.807) is 0 Å². The summed E-state index contributed by atoms with van der Waals surface area (Å²) in [7, 11) is -1.24. The third-order valence-electron chi connectivity index (χ3n) is 5.17. The Morgan fingerprint density at radius 1 is 1.54 bits per heavy atom. The van der Waals surface area contributed by atoms with Crippen LogP contribution in [0.2, 0.25) is 0 Å². The monoisotopic (exact) mass is 202 g/mol. The van der Waals surface area contributed by atoms with Gasteiger partial charge in [0.2, 0.25) is 0 Å². The van der Waals surface area contributed by atoms with Gasteiger partial charge in [0.05, 0.1) is 0 Å². The van der Waals surface area contributed by atoms with Gasteiger partial charge in [-0.15, -0.1) is 0 Å². The summed E-state index contributed by atoms with van der Waals surface area (Å²) in [5.74, 6) is 0. The van der Waals surface area contributed by atoms with Crippen molar-refractivity contribution in [2.45, 2.75) is 49.9 Å². The van der Waals surface area contributed by atoms with E-state index in [1.807, 2.05) is 0 Å². The Hall–Kier alpha value is 0.350. The Kier molecular flexibility index (Phi) is 1.32. The molecule has 0 saturated carbocycles. The number of aliphatic hydroxyl groups excluding tert-OH is 1. The van der Waals surface area contributed by atoms with E-state index in [0.29, 0.717) is 0 Å². The molecule has 3 fully saturated rings. The van der Waals surface area contributed by atoms with Crippen LogP contribution in [0.1, 0.15) is 27.2 Å². The normalized spacial score (nSPS) is 58.1. The van der Waals surface area contributed by atoms with Gasteiger partial charge < -0.3 is 0 Å². The molecular weight excluding hydrogens is 183 g/mol. The Bertz CT molecular complexity index is 280. The van der Waals surface area contributed by atoms with Crippen molar-refractivity contribution < 1.29 is 9.84 Å². The van der Waals surface area contributed by atoms with Crippen molar-refractivity contribution in [3.05, 3.63) is 0 Å². The first kappa shape index (κ1) is 8.64. The van der Waals surface area contributed by atoms with Gasteiger partial charge in [-0.2, -0.15) is 0 Å². The molecule has 13 heavy (non-hydrogen) atoms. The molecule has 0 amide bonds. The Morgan fingerprint density at radius 2 is 2.23 bits per heavy atom. The van der Waals surface area contributed by atoms with Gasteiger partial charge in [-0.25, -0.2) is 0 Å². The summed E-state index contributed by atoms with van der Waals surface area (Å²) in [4.78, 5) is 0. The summed E-state index contributed by atoms with van der Waals surface area (Å²) in [5, 5.41) is 10.2. The molecule has 3 unspecified atom stereocenters. The average molecular weight is 202 g/mol. The average Bonchev–Trinajstić information content (AvgIpc) is 2.65. The molecule has 3 aliphatic rings. The van der Waals surface area contributed by atoms with Crippen LogP contribution in [0.15, 0.2) is 0 Å². The topological polar surface area (TPSA) is 32.8 Å². The Labute approximate surface area is 80.0 Å². The van der Waals surface area contributed by atoms with Crippen molar-refractivity contribution in [2.24, 2.45) is 0 Å². The molecule has 2 nitrogen and oxygen atoms in total. The van der Waals surface area contributed by atoms with Gasteiger partial charge in [-0.1, -0.05) is 0 Å². The number of rotatable bonds is 1. The van der Waals surface area contributed by atoms with Gasteiger partial charge in [0.1, 0.15) is 0 Å². The zero-order valence-electron chi connectivity index (χ0n) is 8.63. The zero-order chi connectivity index (χ0) is 9.48. The predicted octanol–water partition coefficient (Wildman–Crippen LogP) is 1.41. The fraction of sp³-hybridized carbons (Fsp3) is 1.00. The second kappa shape index (κ2) is 1.98. The first-order valence-electron chi connectivity index (χ1n) is 5.37. The van der Waals surface area contributed by atoms with E-state index in [1.165, 1.54) is 12.6 Å². The first-order valence-corrected chi connectivity index (χ1v) is 7.86. The van der Waals surface area contributed by atoms with E-state index in [2.05, 4.69) is 20.8 Å². The SMILES string of the molecule is CC(C)[PH]12CCC13OC3(C)C(O)C2. The van der Waals surface area contributed by atoms with Crippen LogP contribution in [-0.4, -0.2) is 40.1 Å². The minimum atomic E-state index is -1.24. The molecule has 1 N–H and O–H groups in total. The third-order valence-corrected chi connectivity index (χ3v) is 12.1. The van der Waals surface area contributed by atoms with Crippen molar-refractivity contribution in [3.63, 3.8) is 0 Å². The van der Waals surface area contributed by atoms with Crippen LogP contribution >= 0.6 is 7.26 Å². The summed E-state index contributed by atoms with van der Waals surface area (Å²) < 4.78 is 5.92. The molecule has 76 valence electrons. The fourth-order valence-corrected chi connectivity index (χ4v) is 10.6. The van der Waals surface area contributed by atoms with E-state index in [4.69, 9.17) is 4.74 Å². The first-order chi connectivity index (χ1) is 5.99. The van der Waals surface area contributed by atoms with Gasteiger partial charge in [0.25, 0.3) is 0 Å². The minimum absolute atomic E-state index is 0.123. The van der Waals surface area contributed by atoms with E-state index >= 15 is 0 Å². The van der Waals surface area contributed by atoms with Gasteiger partial charge in [0, 0.05) is 0 Å². The maximum atomic E-state index is 10.00. The maximum absolute atomic E-state index is 10.00. The van der Waals surface area contributed by atoms with Gasteiger partial charge in [-0.05, 0) is 0 Å². The second-order valence-electron chi connectivity index (χ2n) is 5.57. The van der Waals surface area contributed by atoms with E-state index in [0.717, 1.165) is 11.8 Å². The van der Waals surface area contributed by atoms with E-state index < -0.39 is 7.26 Å². The predicted molar refractivity (Wildman–Crippen MR) is 56.0 cm³/mol. The van der Waals surface area contributed by atoms with E-state index in [9.17, 15) is 5.11 Å². The van der Waals surface area contributed by atoms with Crippen molar-refractivity contribution in [2.75, 3.05) is 12.3 Å². The number of hydrogen-bond donors (Lipinski definition) is 1. The quantitative estimate of drug-likeness (QED) is 0.515. The molecular formula is C10H19O2P. The van der Waals surface area contributed by atoms with Crippen LogP contribution in [0, 0.1) is 0 Å². The van der Waals surface area contributed by atoms with Crippen LogP contribution in [0.3, 0.4) is 0 Å². The van der Waals surface area contributed by atoms with Crippen molar-refractivity contribution >= 4 is 7.26 Å². The molecule has 0 aliphatic carbocycles. The van der Waals surface area contributed by atoms with Crippen LogP contribution in [0.4, 0.5) is 0 Å². The van der Waals surface area contributed by atoms with Gasteiger partial charge in [-0.3, -0.25) is 0 Å². The molecule has 3 rings (SSSR count). The molecule has 0 bridgehead atoms.